The van der Waals surface area contributed by atoms with E-state index in [2.05, 4.69) is 15.9 Å². The molecule has 1 saturated heterocycles. The van der Waals surface area contributed by atoms with Crippen molar-refractivity contribution in [3.8, 4) is 5.75 Å². The third-order valence-electron chi connectivity index (χ3n) is 3.26. The Labute approximate surface area is 121 Å². The van der Waals surface area contributed by atoms with E-state index in [1.165, 1.54) is 6.07 Å². The number of likely N-dealkylation sites (tertiary alicyclic amines) is 1. The van der Waals surface area contributed by atoms with E-state index in [0.29, 0.717) is 18.7 Å². The zero-order chi connectivity index (χ0) is 13.8. The number of phenols is 1. The summed E-state index contributed by atoms with van der Waals surface area (Å²) in [5.41, 5.74) is 0.348. The quantitative estimate of drug-likeness (QED) is 0.928. The van der Waals surface area contributed by atoms with Crippen molar-refractivity contribution >= 4 is 21.8 Å². The third kappa shape index (κ3) is 3.48. The Morgan fingerprint density at radius 2 is 2.37 bits per heavy atom. The van der Waals surface area contributed by atoms with Crippen LogP contribution in [0.1, 0.15) is 30.1 Å². The Morgan fingerprint density at radius 3 is 3.05 bits per heavy atom. The molecule has 1 aromatic rings. The van der Waals surface area contributed by atoms with Crippen LogP contribution in [0.4, 0.5) is 0 Å². The summed E-state index contributed by atoms with van der Waals surface area (Å²) in [4.78, 5) is 14.1. The van der Waals surface area contributed by atoms with Crippen LogP contribution < -0.4 is 0 Å². The molecule has 1 unspecified atom stereocenters. The Morgan fingerprint density at radius 1 is 1.58 bits per heavy atom. The Balaban J connectivity index is 2.10. The molecule has 19 heavy (non-hydrogen) atoms. The molecule has 4 nitrogen and oxygen atoms in total. The second kappa shape index (κ2) is 6.39. The molecule has 1 N–H and O–H groups in total. The predicted molar refractivity (Wildman–Crippen MR) is 76.4 cm³/mol. The van der Waals surface area contributed by atoms with Crippen LogP contribution in [0.5, 0.6) is 5.75 Å². The van der Waals surface area contributed by atoms with Crippen molar-refractivity contribution in [2.45, 2.75) is 25.9 Å². The van der Waals surface area contributed by atoms with Crippen molar-refractivity contribution in [2.75, 3.05) is 19.7 Å². The molecule has 1 aliphatic rings. The highest BCUT2D eigenvalue weighted by atomic mass is 79.9. The second-order valence-electron chi connectivity index (χ2n) is 4.63. The molecule has 0 aliphatic carbocycles. The number of amides is 1. The summed E-state index contributed by atoms with van der Waals surface area (Å²) in [6, 6.07) is 4.94. The maximum atomic E-state index is 12.4. The minimum atomic E-state index is -0.130. The zero-order valence-electron chi connectivity index (χ0n) is 10.9. The summed E-state index contributed by atoms with van der Waals surface area (Å²) in [6.07, 6.45) is 2.04. The first-order valence-corrected chi connectivity index (χ1v) is 7.30. The SMILES string of the molecule is CCOC1CCCN(C(=O)c2ccc(Br)cc2O)C1. The number of carbonyl (C=O) groups is 1. The maximum Gasteiger partial charge on any atom is 0.257 e. The van der Waals surface area contributed by atoms with E-state index in [-0.39, 0.29) is 17.8 Å². The van der Waals surface area contributed by atoms with E-state index in [4.69, 9.17) is 4.74 Å². The molecule has 0 aromatic heterocycles. The highest BCUT2D eigenvalue weighted by Gasteiger charge is 2.26. The maximum absolute atomic E-state index is 12.4. The van der Waals surface area contributed by atoms with Crippen LogP contribution in [0.25, 0.3) is 0 Å². The van der Waals surface area contributed by atoms with Gasteiger partial charge in [-0.05, 0) is 38.0 Å². The molecule has 0 radical (unpaired) electrons. The number of carbonyl (C=O) groups excluding carboxylic acids is 1. The molecular formula is C14H18BrNO3. The molecule has 1 fully saturated rings. The first-order chi connectivity index (χ1) is 9.11. The van der Waals surface area contributed by atoms with Gasteiger partial charge in [0.1, 0.15) is 5.75 Å². The molecular weight excluding hydrogens is 310 g/mol. The third-order valence-corrected chi connectivity index (χ3v) is 3.75. The summed E-state index contributed by atoms with van der Waals surface area (Å²) in [6.45, 7) is 3.94. The fourth-order valence-corrected chi connectivity index (χ4v) is 2.70. The first kappa shape index (κ1) is 14.3. The van der Waals surface area contributed by atoms with Crippen LogP contribution in [0.2, 0.25) is 0 Å². The van der Waals surface area contributed by atoms with Crippen LogP contribution in [0.15, 0.2) is 22.7 Å². The van der Waals surface area contributed by atoms with Gasteiger partial charge in [-0.15, -0.1) is 0 Å². The average molecular weight is 328 g/mol. The lowest BCUT2D eigenvalue weighted by atomic mass is 10.1. The van der Waals surface area contributed by atoms with E-state index < -0.39 is 0 Å². The van der Waals surface area contributed by atoms with Crippen molar-refractivity contribution in [2.24, 2.45) is 0 Å². The van der Waals surface area contributed by atoms with Gasteiger partial charge in [0.2, 0.25) is 0 Å². The minimum Gasteiger partial charge on any atom is -0.507 e. The van der Waals surface area contributed by atoms with Crippen molar-refractivity contribution in [3.63, 3.8) is 0 Å². The van der Waals surface area contributed by atoms with Crippen LogP contribution in [0, 0.1) is 0 Å². The predicted octanol–water partition coefficient (Wildman–Crippen LogP) is 2.80. The topological polar surface area (TPSA) is 49.8 Å². The summed E-state index contributed by atoms with van der Waals surface area (Å²) in [7, 11) is 0. The van der Waals surface area contributed by atoms with E-state index in [0.717, 1.165) is 23.9 Å². The smallest absolute Gasteiger partial charge is 0.257 e. The lowest BCUT2D eigenvalue weighted by Crippen LogP contribution is -2.43. The van der Waals surface area contributed by atoms with Gasteiger partial charge in [0.05, 0.1) is 11.7 Å². The second-order valence-corrected chi connectivity index (χ2v) is 5.55. The van der Waals surface area contributed by atoms with E-state index in [9.17, 15) is 9.90 Å². The Bertz CT molecular complexity index is 462. The monoisotopic (exact) mass is 327 g/mol. The van der Waals surface area contributed by atoms with E-state index >= 15 is 0 Å². The molecule has 2 rings (SSSR count). The number of nitrogens with zero attached hydrogens (tertiary/aromatic N) is 1. The number of rotatable bonds is 3. The molecule has 104 valence electrons. The molecule has 1 heterocycles. The molecule has 1 aromatic carbocycles. The lowest BCUT2D eigenvalue weighted by molar-refractivity contribution is 0.00714. The number of hydrogen-bond acceptors (Lipinski definition) is 3. The normalized spacial score (nSPS) is 19.5. The number of hydrogen-bond donors (Lipinski definition) is 1. The Hall–Kier alpha value is -1.07. The summed E-state index contributed by atoms with van der Waals surface area (Å²) >= 11 is 3.27. The molecule has 1 amide bonds. The van der Waals surface area contributed by atoms with Gasteiger partial charge in [-0.3, -0.25) is 4.79 Å². The number of ether oxygens (including phenoxy) is 1. The number of aromatic hydroxyl groups is 1. The van der Waals surface area contributed by atoms with Crippen LogP contribution in [-0.2, 0) is 4.74 Å². The van der Waals surface area contributed by atoms with Gasteiger partial charge in [0, 0.05) is 24.2 Å². The van der Waals surface area contributed by atoms with Crippen LogP contribution in [0.3, 0.4) is 0 Å². The lowest BCUT2D eigenvalue weighted by Gasteiger charge is -2.32. The average Bonchev–Trinajstić information content (AvgIpc) is 2.39. The van der Waals surface area contributed by atoms with Crippen LogP contribution in [-0.4, -0.2) is 41.7 Å². The molecule has 0 spiro atoms. The van der Waals surface area contributed by atoms with Gasteiger partial charge in [-0.2, -0.15) is 0 Å². The largest absolute Gasteiger partial charge is 0.507 e. The van der Waals surface area contributed by atoms with Gasteiger partial charge in [-0.1, -0.05) is 15.9 Å². The number of phenolic OH excluding ortho intramolecular Hbond substituents is 1. The minimum absolute atomic E-state index is 0.0120. The van der Waals surface area contributed by atoms with Crippen molar-refractivity contribution in [1.82, 2.24) is 4.90 Å². The van der Waals surface area contributed by atoms with E-state index in [1.807, 2.05) is 6.92 Å². The number of piperidine rings is 1. The molecule has 0 bridgehead atoms. The van der Waals surface area contributed by atoms with Gasteiger partial charge < -0.3 is 14.7 Å². The fourth-order valence-electron chi connectivity index (χ4n) is 2.35. The van der Waals surface area contributed by atoms with Crippen molar-refractivity contribution in [3.05, 3.63) is 28.2 Å². The van der Waals surface area contributed by atoms with Gasteiger partial charge >= 0.3 is 0 Å². The molecule has 5 heteroatoms. The van der Waals surface area contributed by atoms with Gasteiger partial charge in [-0.25, -0.2) is 0 Å². The highest BCUT2D eigenvalue weighted by molar-refractivity contribution is 9.10. The summed E-state index contributed by atoms with van der Waals surface area (Å²) in [5, 5.41) is 9.85. The molecule has 1 atom stereocenters. The zero-order valence-corrected chi connectivity index (χ0v) is 12.5. The van der Waals surface area contributed by atoms with Crippen LogP contribution >= 0.6 is 15.9 Å². The van der Waals surface area contributed by atoms with Crippen molar-refractivity contribution in [1.29, 1.82) is 0 Å². The molecule has 1 aliphatic heterocycles. The fraction of sp³-hybridized carbons (Fsp3) is 0.500. The standard InChI is InChI=1S/C14H18BrNO3/c1-2-19-11-4-3-7-16(9-11)14(18)12-6-5-10(15)8-13(12)17/h5-6,8,11,17H,2-4,7,9H2,1H3. The summed E-state index contributed by atoms with van der Waals surface area (Å²) < 4.78 is 6.34. The van der Waals surface area contributed by atoms with Gasteiger partial charge in [0.25, 0.3) is 5.91 Å². The summed E-state index contributed by atoms with van der Waals surface area (Å²) in [5.74, 6) is -0.118. The Kier molecular flexibility index (Phi) is 4.82. The first-order valence-electron chi connectivity index (χ1n) is 6.51. The number of benzene rings is 1. The molecule has 0 saturated carbocycles. The van der Waals surface area contributed by atoms with Crippen molar-refractivity contribution < 1.29 is 14.6 Å². The van der Waals surface area contributed by atoms with Gasteiger partial charge in [0.15, 0.2) is 0 Å². The number of halogens is 1. The highest BCUT2D eigenvalue weighted by Crippen LogP contribution is 2.25. The van der Waals surface area contributed by atoms with E-state index in [1.54, 1.807) is 17.0 Å².